The lowest BCUT2D eigenvalue weighted by Gasteiger charge is -2.49. The second-order valence-electron chi connectivity index (χ2n) is 8.80. The average molecular weight is 533 g/mol. The van der Waals surface area contributed by atoms with Crippen molar-refractivity contribution in [2.24, 2.45) is 11.3 Å². The SMILES string of the molecule is [2H]C(N(C([2H])([2H])C([2H])(C([2H])([2H])[2H])C([2H])([2H])[2H])S(=O)(=O)c1ccc([N+](=O)[O-])cc1)[C@@]([2H])(O)C(Cc1ccccc1)(NC(=O)O)C(C)(C)C. The molecule has 2 aromatic rings. The molecule has 0 radical (unpaired) electrons. The molecule has 11 heteroatoms. The fourth-order valence-electron chi connectivity index (χ4n) is 3.47. The van der Waals surface area contributed by atoms with Gasteiger partial charge in [-0.25, -0.2) is 13.2 Å². The highest BCUT2D eigenvalue weighted by Crippen LogP contribution is 2.37. The van der Waals surface area contributed by atoms with Crippen LogP contribution in [0.25, 0.3) is 0 Å². The van der Waals surface area contributed by atoms with Gasteiger partial charge < -0.3 is 15.5 Å². The van der Waals surface area contributed by atoms with Crippen LogP contribution in [0.1, 0.15) is 55.1 Å². The minimum atomic E-state index is -5.82. The van der Waals surface area contributed by atoms with E-state index in [0.717, 1.165) is 0 Å². The Kier molecular flexibility index (Phi) is 5.26. The van der Waals surface area contributed by atoms with Crippen LogP contribution >= 0.6 is 0 Å². The van der Waals surface area contributed by atoms with E-state index >= 15 is 0 Å². The summed E-state index contributed by atoms with van der Waals surface area (Å²) in [6.07, 6.45) is -6.33. The molecule has 0 saturated heterocycles. The standard InChI is InChI=1S/C25H35N3O7S/c1-18(2)16-27(36(34,35)21-13-11-20(12-14-21)28(32)33)17-22(29)25(24(3,4)5,26-23(30)31)15-19-9-7-6-8-10-19/h6-14,18,22,26,29H,15-17H2,1-5H3,(H,30,31)/t22-,25?/m1/s1/i1D3,2D3,16D2,17D,18D,22D/t17?,22-,25?. The number of hydrogen-bond acceptors (Lipinski definition) is 6. The number of aliphatic hydroxyl groups is 1. The first-order valence-corrected chi connectivity index (χ1v) is 11.9. The monoisotopic (exact) mass is 532 g/mol. The molecule has 0 fully saturated rings. The summed E-state index contributed by atoms with van der Waals surface area (Å²) in [4.78, 5) is 21.4. The lowest BCUT2D eigenvalue weighted by atomic mass is 9.66. The number of carbonyl (C=O) groups is 1. The predicted octanol–water partition coefficient (Wildman–Crippen LogP) is 3.90. The van der Waals surface area contributed by atoms with E-state index in [-0.39, 0.29) is 5.56 Å². The van der Waals surface area contributed by atoms with E-state index in [1.807, 2.05) is 5.32 Å². The third-order valence-corrected chi connectivity index (χ3v) is 7.00. The predicted molar refractivity (Wildman–Crippen MR) is 136 cm³/mol. The lowest BCUT2D eigenvalue weighted by Crippen LogP contribution is -2.67. The number of nitrogens with one attached hydrogen (secondary N) is 1. The van der Waals surface area contributed by atoms with Crippen molar-refractivity contribution in [3.8, 4) is 0 Å². The zero-order valence-electron chi connectivity index (χ0n) is 30.7. The van der Waals surface area contributed by atoms with Crippen molar-refractivity contribution in [3.05, 3.63) is 70.3 Å². The van der Waals surface area contributed by atoms with Gasteiger partial charge in [-0.2, -0.15) is 4.31 Å². The van der Waals surface area contributed by atoms with Gasteiger partial charge in [-0.3, -0.25) is 10.1 Å². The van der Waals surface area contributed by atoms with Gasteiger partial charge in [0.05, 0.1) is 22.8 Å². The first kappa shape index (κ1) is 16.7. The Bertz CT molecular complexity index is 1550. The molecule has 0 spiro atoms. The summed E-state index contributed by atoms with van der Waals surface area (Å²) in [5.74, 6) is -4.40. The second-order valence-corrected chi connectivity index (χ2v) is 10.6. The van der Waals surface area contributed by atoms with Crippen LogP contribution in [0, 0.1) is 21.4 Å². The Morgan fingerprint density at radius 2 is 1.78 bits per heavy atom. The molecule has 3 atom stereocenters. The number of non-ortho nitro benzene ring substituents is 1. The molecule has 1 amide bonds. The highest BCUT2D eigenvalue weighted by molar-refractivity contribution is 7.89. The van der Waals surface area contributed by atoms with Crippen molar-refractivity contribution in [1.29, 1.82) is 0 Å². The number of hydrogen-bond donors (Lipinski definition) is 3. The lowest BCUT2D eigenvalue weighted by molar-refractivity contribution is -0.384. The average Bonchev–Trinajstić information content (AvgIpc) is 2.90. The van der Waals surface area contributed by atoms with Crippen LogP contribution in [0.5, 0.6) is 0 Å². The van der Waals surface area contributed by atoms with Gasteiger partial charge in [-0.05, 0) is 35.4 Å². The van der Waals surface area contributed by atoms with Crippen LogP contribution in [0.4, 0.5) is 10.5 Å². The Labute approximate surface area is 227 Å². The number of benzene rings is 2. The zero-order chi connectivity index (χ0) is 36.8. The van der Waals surface area contributed by atoms with Gasteiger partial charge in [0.1, 0.15) is 0 Å². The maximum Gasteiger partial charge on any atom is 0.405 e. The van der Waals surface area contributed by atoms with Crippen molar-refractivity contribution < 1.29 is 43.4 Å². The summed E-state index contributed by atoms with van der Waals surface area (Å²) in [6.45, 7) is -12.2. The highest BCUT2D eigenvalue weighted by atomic mass is 32.2. The molecule has 10 nitrogen and oxygen atoms in total. The summed E-state index contributed by atoms with van der Waals surface area (Å²) < 4.78 is 119. The van der Waals surface area contributed by atoms with E-state index in [1.165, 1.54) is 45.0 Å². The minimum Gasteiger partial charge on any atom is -0.465 e. The Hall–Kier alpha value is -3.02. The molecule has 0 aliphatic rings. The van der Waals surface area contributed by atoms with Crippen LogP contribution in [-0.2, 0) is 16.4 Å². The van der Waals surface area contributed by atoms with Crippen LogP contribution in [0.3, 0.4) is 0 Å². The van der Waals surface area contributed by atoms with Crippen molar-refractivity contribution in [3.63, 3.8) is 0 Å². The summed E-state index contributed by atoms with van der Waals surface area (Å²) in [6, 6.07) is 9.90. The molecule has 0 aliphatic heterocycles. The first-order valence-electron chi connectivity index (χ1n) is 16.0. The van der Waals surface area contributed by atoms with Crippen LogP contribution in [0.2, 0.25) is 0 Å². The number of nitrogens with zero attached hydrogens (tertiary/aromatic N) is 2. The van der Waals surface area contributed by atoms with Gasteiger partial charge in [0.25, 0.3) is 5.69 Å². The van der Waals surface area contributed by atoms with E-state index < -0.39 is 92.0 Å². The van der Waals surface area contributed by atoms with Crippen LogP contribution in [-0.4, -0.2) is 58.6 Å². The second kappa shape index (κ2) is 11.4. The Morgan fingerprint density at radius 1 is 1.19 bits per heavy atom. The van der Waals surface area contributed by atoms with Gasteiger partial charge in [0, 0.05) is 38.9 Å². The maximum absolute atomic E-state index is 14.2. The number of carboxylic acid groups (broad SMARTS) is 1. The summed E-state index contributed by atoms with van der Waals surface area (Å²) >= 11 is 0. The molecular formula is C25H35N3O7S. The summed E-state index contributed by atoms with van der Waals surface area (Å²) in [5, 5.41) is 35.1. The minimum absolute atomic E-state index is 0.238. The number of nitro benzene ring substituents is 1. The number of sulfonamides is 1. The largest absolute Gasteiger partial charge is 0.465 e. The van der Waals surface area contributed by atoms with Gasteiger partial charge in [-0.1, -0.05) is 64.8 Å². The molecule has 0 aliphatic carbocycles. The Balaban J connectivity index is 3.14. The molecule has 0 bridgehead atoms. The molecule has 0 saturated carbocycles. The van der Waals surface area contributed by atoms with E-state index in [0.29, 0.717) is 24.3 Å². The molecule has 0 heterocycles. The molecule has 3 N–H and O–H groups in total. The van der Waals surface area contributed by atoms with E-state index in [9.17, 15) is 33.5 Å². The molecule has 2 unspecified atom stereocenters. The Morgan fingerprint density at radius 3 is 2.25 bits per heavy atom. The summed E-state index contributed by atoms with van der Waals surface area (Å²) in [5.41, 5.74) is -4.71. The summed E-state index contributed by atoms with van der Waals surface area (Å²) in [7, 11) is -5.82. The quantitative estimate of drug-likeness (QED) is 0.293. The highest BCUT2D eigenvalue weighted by Gasteiger charge is 2.50. The fraction of sp³-hybridized carbons (Fsp3) is 0.480. The topological polar surface area (TPSA) is 150 Å². The van der Waals surface area contributed by atoms with Crippen molar-refractivity contribution in [2.45, 2.75) is 57.4 Å². The number of rotatable bonds is 11. The molecule has 2 rings (SSSR count). The zero-order valence-corrected chi connectivity index (χ0v) is 20.5. The molecule has 0 aromatic heterocycles. The van der Waals surface area contributed by atoms with Gasteiger partial charge >= 0.3 is 6.09 Å². The van der Waals surface area contributed by atoms with Crippen LogP contribution < -0.4 is 5.32 Å². The third-order valence-electron chi connectivity index (χ3n) is 5.42. The van der Waals surface area contributed by atoms with E-state index in [4.69, 9.17) is 15.1 Å². The maximum atomic E-state index is 14.2. The number of amides is 1. The smallest absolute Gasteiger partial charge is 0.405 e. The van der Waals surface area contributed by atoms with Crippen LogP contribution in [0.15, 0.2) is 59.5 Å². The van der Waals surface area contributed by atoms with Crippen molar-refractivity contribution in [2.75, 3.05) is 13.0 Å². The van der Waals surface area contributed by atoms with Gasteiger partial charge in [0.15, 0.2) is 0 Å². The molecule has 36 heavy (non-hydrogen) atoms. The normalized spacial score (nSPS) is 22.5. The number of nitro groups is 1. The van der Waals surface area contributed by atoms with Crippen molar-refractivity contribution >= 4 is 21.8 Å². The fourth-order valence-corrected chi connectivity index (χ4v) is 4.62. The van der Waals surface area contributed by atoms with Gasteiger partial charge in [-0.15, -0.1) is 0 Å². The molecule has 198 valence electrons. The third kappa shape index (κ3) is 6.80. The van der Waals surface area contributed by atoms with E-state index in [1.54, 1.807) is 6.07 Å². The molecular weight excluding hydrogens is 486 g/mol. The van der Waals surface area contributed by atoms with Gasteiger partial charge in [0.2, 0.25) is 10.0 Å². The molecule has 2 aromatic carbocycles. The van der Waals surface area contributed by atoms with Crippen molar-refractivity contribution in [1.82, 2.24) is 9.62 Å². The first-order chi connectivity index (χ1) is 20.9. The van der Waals surface area contributed by atoms with E-state index in [2.05, 4.69) is 0 Å².